The number of hydrogen-bond donors (Lipinski definition) is 2. The van der Waals surface area contributed by atoms with Crippen LogP contribution in [-0.2, 0) is 13.0 Å². The average Bonchev–Trinajstić information content (AvgIpc) is 2.75. The summed E-state index contributed by atoms with van der Waals surface area (Å²) in [6, 6.07) is 7.94. The molecule has 2 rings (SSSR count). The van der Waals surface area contributed by atoms with Crippen molar-refractivity contribution in [2.24, 2.45) is 5.73 Å². The lowest BCUT2D eigenvalue weighted by molar-refractivity contribution is 0.302. The lowest BCUT2D eigenvalue weighted by Crippen LogP contribution is -2.02. The van der Waals surface area contributed by atoms with E-state index in [4.69, 9.17) is 16.2 Å². The van der Waals surface area contributed by atoms with Crippen molar-refractivity contribution in [3.05, 3.63) is 40.9 Å². The van der Waals surface area contributed by atoms with Crippen molar-refractivity contribution in [1.82, 2.24) is 4.98 Å². The van der Waals surface area contributed by atoms with Gasteiger partial charge in [-0.1, -0.05) is 12.1 Å². The summed E-state index contributed by atoms with van der Waals surface area (Å²) in [4.78, 5) is 4.13. The second-order valence-corrected chi connectivity index (χ2v) is 4.54. The number of benzene rings is 1. The van der Waals surface area contributed by atoms with Gasteiger partial charge in [-0.15, -0.1) is 11.3 Å². The molecule has 0 spiro atoms. The van der Waals surface area contributed by atoms with Crippen molar-refractivity contribution in [2.75, 3.05) is 12.3 Å². The van der Waals surface area contributed by atoms with E-state index in [1.165, 1.54) is 16.9 Å². The molecule has 2 aromatic rings. The largest absolute Gasteiger partial charge is 0.487 e. The van der Waals surface area contributed by atoms with Crippen LogP contribution in [0.15, 0.2) is 29.6 Å². The van der Waals surface area contributed by atoms with E-state index in [1.54, 1.807) is 0 Å². The minimum Gasteiger partial charge on any atom is -0.487 e. The third-order valence-electron chi connectivity index (χ3n) is 2.31. The highest BCUT2D eigenvalue weighted by atomic mass is 32.1. The number of hydrogen-bond acceptors (Lipinski definition) is 5. The van der Waals surface area contributed by atoms with Gasteiger partial charge in [-0.05, 0) is 30.7 Å². The predicted octanol–water partition coefficient (Wildman–Crippen LogP) is 1.81. The Labute approximate surface area is 104 Å². The molecule has 0 bridgehead atoms. The van der Waals surface area contributed by atoms with Crippen LogP contribution in [0, 0.1) is 0 Å². The number of aromatic nitrogens is 1. The summed E-state index contributed by atoms with van der Waals surface area (Å²) in [5.74, 6) is 0.831. The van der Waals surface area contributed by atoms with Gasteiger partial charge in [-0.2, -0.15) is 0 Å². The molecular weight excluding hydrogens is 234 g/mol. The fraction of sp³-hybridized carbons (Fsp3) is 0.250. The maximum Gasteiger partial charge on any atom is 0.180 e. The SMILES string of the molecule is NCCc1ccc(OCc2csc(N)n2)cc1. The third-order valence-corrected chi connectivity index (χ3v) is 3.04. The highest BCUT2D eigenvalue weighted by molar-refractivity contribution is 7.13. The molecule has 0 aliphatic carbocycles. The van der Waals surface area contributed by atoms with Gasteiger partial charge in [0, 0.05) is 5.38 Å². The van der Waals surface area contributed by atoms with Gasteiger partial charge in [-0.3, -0.25) is 0 Å². The minimum atomic E-state index is 0.448. The summed E-state index contributed by atoms with van der Waals surface area (Å²) >= 11 is 1.42. The maximum atomic E-state index is 5.60. The van der Waals surface area contributed by atoms with Gasteiger partial charge in [0.25, 0.3) is 0 Å². The number of nitrogens with zero attached hydrogens (tertiary/aromatic N) is 1. The standard InChI is InChI=1S/C12H15N3OS/c13-6-5-9-1-3-11(4-2-9)16-7-10-8-17-12(14)15-10/h1-4,8H,5-7,13H2,(H2,14,15). The summed E-state index contributed by atoms with van der Waals surface area (Å²) in [7, 11) is 0. The van der Waals surface area contributed by atoms with Gasteiger partial charge >= 0.3 is 0 Å². The first-order chi connectivity index (χ1) is 8.28. The van der Waals surface area contributed by atoms with E-state index in [1.807, 2.05) is 29.6 Å². The lowest BCUT2D eigenvalue weighted by atomic mass is 10.1. The molecule has 0 fully saturated rings. The van der Waals surface area contributed by atoms with Crippen molar-refractivity contribution in [2.45, 2.75) is 13.0 Å². The van der Waals surface area contributed by atoms with Crippen LogP contribution in [0.2, 0.25) is 0 Å². The van der Waals surface area contributed by atoms with Crippen molar-refractivity contribution in [1.29, 1.82) is 0 Å². The monoisotopic (exact) mass is 249 g/mol. The molecule has 0 saturated heterocycles. The third kappa shape index (κ3) is 3.44. The summed E-state index contributed by atoms with van der Waals surface area (Å²) in [6.07, 6.45) is 0.892. The zero-order valence-electron chi connectivity index (χ0n) is 9.43. The van der Waals surface area contributed by atoms with Crippen molar-refractivity contribution in [3.8, 4) is 5.75 Å². The molecular formula is C12H15N3OS. The Morgan fingerprint density at radius 3 is 2.59 bits per heavy atom. The molecule has 1 heterocycles. The Balaban J connectivity index is 1.90. The maximum absolute atomic E-state index is 5.60. The first-order valence-corrected chi connectivity index (χ1v) is 6.27. The van der Waals surface area contributed by atoms with Crippen molar-refractivity contribution >= 4 is 16.5 Å². The van der Waals surface area contributed by atoms with E-state index in [0.29, 0.717) is 18.3 Å². The number of ether oxygens (including phenoxy) is 1. The smallest absolute Gasteiger partial charge is 0.180 e. The van der Waals surface area contributed by atoms with Crippen LogP contribution in [0.4, 0.5) is 5.13 Å². The second-order valence-electron chi connectivity index (χ2n) is 3.65. The zero-order valence-corrected chi connectivity index (χ0v) is 10.2. The van der Waals surface area contributed by atoms with Gasteiger partial charge < -0.3 is 16.2 Å². The molecule has 0 aliphatic rings. The van der Waals surface area contributed by atoms with E-state index < -0.39 is 0 Å². The topological polar surface area (TPSA) is 74.2 Å². The fourth-order valence-corrected chi connectivity index (χ4v) is 2.01. The summed E-state index contributed by atoms with van der Waals surface area (Å²) in [5, 5.41) is 2.47. The minimum absolute atomic E-state index is 0.448. The summed E-state index contributed by atoms with van der Waals surface area (Å²) in [6.45, 7) is 1.11. The van der Waals surface area contributed by atoms with E-state index in [2.05, 4.69) is 4.98 Å². The summed E-state index contributed by atoms with van der Waals surface area (Å²) < 4.78 is 5.60. The second kappa shape index (κ2) is 5.65. The average molecular weight is 249 g/mol. The van der Waals surface area contributed by atoms with Crippen molar-refractivity contribution in [3.63, 3.8) is 0 Å². The van der Waals surface area contributed by atoms with Crippen LogP contribution in [0.3, 0.4) is 0 Å². The molecule has 5 heteroatoms. The van der Waals surface area contributed by atoms with Gasteiger partial charge in [0.2, 0.25) is 0 Å². The van der Waals surface area contributed by atoms with Crippen LogP contribution in [0.25, 0.3) is 0 Å². The highest BCUT2D eigenvalue weighted by Crippen LogP contribution is 2.16. The zero-order chi connectivity index (χ0) is 12.1. The van der Waals surface area contributed by atoms with E-state index in [0.717, 1.165) is 17.9 Å². The molecule has 4 nitrogen and oxygen atoms in total. The number of nitrogen functional groups attached to an aromatic ring is 1. The molecule has 0 aliphatic heterocycles. The van der Waals surface area contributed by atoms with Gasteiger partial charge in [-0.25, -0.2) is 4.98 Å². The van der Waals surface area contributed by atoms with Crippen LogP contribution >= 0.6 is 11.3 Å². The van der Waals surface area contributed by atoms with E-state index in [-0.39, 0.29) is 0 Å². The number of anilines is 1. The van der Waals surface area contributed by atoms with Gasteiger partial charge in [0.1, 0.15) is 12.4 Å². The number of rotatable bonds is 5. The first-order valence-electron chi connectivity index (χ1n) is 5.39. The molecule has 17 heavy (non-hydrogen) atoms. The Morgan fingerprint density at radius 1 is 1.24 bits per heavy atom. The fourth-order valence-electron chi connectivity index (χ4n) is 1.47. The van der Waals surface area contributed by atoms with E-state index in [9.17, 15) is 0 Å². The molecule has 90 valence electrons. The number of nitrogens with two attached hydrogens (primary N) is 2. The van der Waals surface area contributed by atoms with Crippen molar-refractivity contribution < 1.29 is 4.74 Å². The lowest BCUT2D eigenvalue weighted by Gasteiger charge is -2.05. The number of thiazole rings is 1. The quantitative estimate of drug-likeness (QED) is 0.847. The Kier molecular flexibility index (Phi) is 3.95. The highest BCUT2D eigenvalue weighted by Gasteiger charge is 2.00. The Bertz CT molecular complexity index is 467. The van der Waals surface area contributed by atoms with Gasteiger partial charge in [0.15, 0.2) is 5.13 Å². The molecule has 0 unspecified atom stereocenters. The summed E-state index contributed by atoms with van der Waals surface area (Å²) in [5.41, 5.74) is 13.1. The molecule has 0 atom stereocenters. The van der Waals surface area contributed by atoms with Gasteiger partial charge in [0.05, 0.1) is 5.69 Å². The Hall–Kier alpha value is -1.59. The molecule has 1 aromatic heterocycles. The van der Waals surface area contributed by atoms with E-state index >= 15 is 0 Å². The molecule has 0 amide bonds. The predicted molar refractivity (Wildman–Crippen MR) is 70.1 cm³/mol. The molecule has 4 N–H and O–H groups in total. The van der Waals surface area contributed by atoms with Crippen LogP contribution in [-0.4, -0.2) is 11.5 Å². The molecule has 0 saturated carbocycles. The van der Waals surface area contributed by atoms with Crippen LogP contribution in [0.1, 0.15) is 11.3 Å². The first kappa shape index (κ1) is 11.9. The Morgan fingerprint density at radius 2 is 2.00 bits per heavy atom. The normalized spacial score (nSPS) is 10.4. The van der Waals surface area contributed by atoms with Crippen LogP contribution in [0.5, 0.6) is 5.75 Å². The van der Waals surface area contributed by atoms with Crippen LogP contribution < -0.4 is 16.2 Å². The molecule has 0 radical (unpaired) electrons. The molecule has 1 aromatic carbocycles.